The number of fused-ring (bicyclic) bond motifs is 1. The fourth-order valence-corrected chi connectivity index (χ4v) is 4.37. The predicted octanol–water partition coefficient (Wildman–Crippen LogP) is 4.59. The average Bonchev–Trinajstić information content (AvgIpc) is 3.04. The van der Waals surface area contributed by atoms with Crippen LogP contribution in [0.25, 0.3) is 5.65 Å². The van der Waals surface area contributed by atoms with Crippen molar-refractivity contribution < 1.29 is 0 Å². The minimum absolute atomic E-state index is 0.334. The monoisotopic (exact) mass is 510 g/mol. The molecule has 2 aromatic heterocycles. The Hall–Kier alpha value is -1.58. The van der Waals surface area contributed by atoms with Crippen LogP contribution in [-0.2, 0) is 6.54 Å². The van der Waals surface area contributed by atoms with E-state index in [4.69, 9.17) is 22.3 Å². The fraction of sp³-hybridized carbons (Fsp3) is 0.400. The molecule has 3 aromatic rings. The van der Waals surface area contributed by atoms with Crippen LogP contribution < -0.4 is 16.4 Å². The quantitative estimate of drug-likeness (QED) is 0.438. The van der Waals surface area contributed by atoms with Crippen LogP contribution in [0.5, 0.6) is 0 Å². The van der Waals surface area contributed by atoms with Crippen LogP contribution >= 0.6 is 34.2 Å². The van der Waals surface area contributed by atoms with E-state index in [2.05, 4.69) is 51.3 Å². The van der Waals surface area contributed by atoms with Crippen molar-refractivity contribution >= 4 is 51.5 Å². The minimum Gasteiger partial charge on any atom is -0.367 e. The van der Waals surface area contributed by atoms with E-state index in [1.165, 1.54) is 0 Å². The number of hydrogen-bond acceptors (Lipinski definition) is 5. The lowest BCUT2D eigenvalue weighted by molar-refractivity contribution is 0.410. The van der Waals surface area contributed by atoms with Crippen LogP contribution in [0.3, 0.4) is 0 Å². The topological polar surface area (TPSA) is 80.3 Å². The van der Waals surface area contributed by atoms with Crippen LogP contribution in [-0.4, -0.2) is 26.7 Å². The van der Waals surface area contributed by atoms with Crippen molar-refractivity contribution in [2.75, 3.05) is 10.6 Å². The molecule has 8 heteroatoms. The Bertz CT molecular complexity index is 980. The fourth-order valence-electron chi connectivity index (χ4n) is 3.68. The zero-order chi connectivity index (χ0) is 19.7. The van der Waals surface area contributed by atoms with E-state index in [0.717, 1.165) is 62.7 Å². The van der Waals surface area contributed by atoms with Crippen LogP contribution in [0.4, 0.5) is 11.6 Å². The molecule has 1 fully saturated rings. The third kappa shape index (κ3) is 4.21. The highest BCUT2D eigenvalue weighted by molar-refractivity contribution is 14.1. The molecule has 0 unspecified atom stereocenters. The molecule has 1 aromatic carbocycles. The molecule has 0 bridgehead atoms. The van der Waals surface area contributed by atoms with E-state index in [9.17, 15) is 0 Å². The zero-order valence-corrected chi connectivity index (χ0v) is 18.7. The molecule has 0 aliphatic heterocycles. The number of hydrogen-bond donors (Lipinski definition) is 3. The molecule has 1 aliphatic carbocycles. The maximum Gasteiger partial charge on any atom is 0.173 e. The first-order chi connectivity index (χ1) is 13.5. The normalized spacial score (nSPS) is 19.7. The Morgan fingerprint density at radius 3 is 2.82 bits per heavy atom. The summed E-state index contributed by atoms with van der Waals surface area (Å²) in [4.78, 5) is 4.87. The Labute approximate surface area is 183 Å². The van der Waals surface area contributed by atoms with Crippen molar-refractivity contribution in [3.8, 4) is 0 Å². The maximum absolute atomic E-state index is 6.12. The molecule has 0 amide bonds. The molecule has 0 saturated heterocycles. The van der Waals surface area contributed by atoms with Gasteiger partial charge in [0, 0.05) is 29.2 Å². The molecular formula is C20H24ClIN6. The third-order valence-corrected chi connectivity index (χ3v) is 6.30. The van der Waals surface area contributed by atoms with E-state index in [-0.39, 0.29) is 0 Å². The Balaban J connectivity index is 1.63. The Morgan fingerprint density at radius 1 is 1.29 bits per heavy atom. The lowest BCUT2D eigenvalue weighted by Crippen LogP contribution is -2.33. The summed E-state index contributed by atoms with van der Waals surface area (Å²) >= 11 is 8.41. The van der Waals surface area contributed by atoms with Gasteiger partial charge < -0.3 is 16.4 Å². The number of benzene rings is 1. The van der Waals surface area contributed by atoms with Gasteiger partial charge in [0.1, 0.15) is 11.6 Å². The molecule has 148 valence electrons. The number of nitrogens with zero attached hydrogens (tertiary/aromatic N) is 3. The summed E-state index contributed by atoms with van der Waals surface area (Å²) in [5.41, 5.74) is 9.09. The summed E-state index contributed by atoms with van der Waals surface area (Å²) in [6.07, 6.45) is 6.12. The highest BCUT2D eigenvalue weighted by Crippen LogP contribution is 2.29. The highest BCUT2D eigenvalue weighted by atomic mass is 127. The molecular weight excluding hydrogens is 487 g/mol. The average molecular weight is 511 g/mol. The van der Waals surface area contributed by atoms with E-state index in [0.29, 0.717) is 18.6 Å². The molecule has 1 saturated carbocycles. The first kappa shape index (κ1) is 19.7. The number of nitrogens with one attached hydrogen (secondary N) is 2. The van der Waals surface area contributed by atoms with E-state index >= 15 is 0 Å². The molecule has 4 rings (SSSR count). The zero-order valence-electron chi connectivity index (χ0n) is 15.8. The van der Waals surface area contributed by atoms with Crippen LogP contribution in [0, 0.1) is 10.5 Å². The number of anilines is 2. The summed E-state index contributed by atoms with van der Waals surface area (Å²) in [5, 5.41) is 12.4. The van der Waals surface area contributed by atoms with Crippen LogP contribution in [0.2, 0.25) is 5.02 Å². The summed E-state index contributed by atoms with van der Waals surface area (Å²) in [5.74, 6) is 1.86. The summed E-state index contributed by atoms with van der Waals surface area (Å²) < 4.78 is 2.90. The molecule has 0 radical (unpaired) electrons. The van der Waals surface area contributed by atoms with Crippen LogP contribution in [0.15, 0.2) is 30.5 Å². The minimum atomic E-state index is 0.334. The first-order valence-corrected chi connectivity index (χ1v) is 11.0. The number of nitrogens with two attached hydrogens (primary N) is 1. The number of aromatic nitrogens is 3. The van der Waals surface area contributed by atoms with Crippen molar-refractivity contribution in [1.29, 1.82) is 0 Å². The van der Waals surface area contributed by atoms with Crippen LogP contribution in [0.1, 0.15) is 36.8 Å². The molecule has 28 heavy (non-hydrogen) atoms. The molecule has 0 atom stereocenters. The summed E-state index contributed by atoms with van der Waals surface area (Å²) in [7, 11) is 0. The van der Waals surface area contributed by atoms with Crippen molar-refractivity contribution in [2.24, 2.45) is 5.73 Å². The summed E-state index contributed by atoms with van der Waals surface area (Å²) in [6.45, 7) is 2.74. The van der Waals surface area contributed by atoms with Gasteiger partial charge in [-0.2, -0.15) is 9.61 Å². The van der Waals surface area contributed by atoms with Gasteiger partial charge in [-0.25, -0.2) is 4.98 Å². The van der Waals surface area contributed by atoms with Gasteiger partial charge in [0.15, 0.2) is 5.65 Å². The molecule has 6 nitrogen and oxygen atoms in total. The van der Waals surface area contributed by atoms with Gasteiger partial charge in [0.05, 0.1) is 9.77 Å². The van der Waals surface area contributed by atoms with Crippen molar-refractivity contribution in [3.05, 3.63) is 50.2 Å². The Morgan fingerprint density at radius 2 is 2.07 bits per heavy atom. The molecule has 2 heterocycles. The van der Waals surface area contributed by atoms with Gasteiger partial charge in [-0.3, -0.25) is 0 Å². The van der Waals surface area contributed by atoms with Gasteiger partial charge in [-0.1, -0.05) is 23.7 Å². The lowest BCUT2D eigenvalue weighted by Gasteiger charge is -2.28. The standard InChI is InChI=1S/C20H24ClIN6/c1-12-18(26-16-7-5-15(23)6-8-16)27-20-17(22)11-25-28(20)19(12)24-10-13-3-2-4-14(21)9-13/h2-4,9,11,15-16,24H,5-8,10,23H2,1H3,(H,26,27). The number of rotatable bonds is 5. The third-order valence-electron chi connectivity index (χ3n) is 5.30. The van der Waals surface area contributed by atoms with E-state index in [1.54, 1.807) is 0 Å². The second-order valence-corrected chi connectivity index (χ2v) is 9.00. The largest absolute Gasteiger partial charge is 0.367 e. The van der Waals surface area contributed by atoms with Crippen molar-refractivity contribution in [2.45, 2.75) is 51.2 Å². The van der Waals surface area contributed by atoms with Gasteiger partial charge >= 0.3 is 0 Å². The first-order valence-electron chi connectivity index (χ1n) is 9.55. The molecule has 0 spiro atoms. The second-order valence-electron chi connectivity index (χ2n) is 7.40. The lowest BCUT2D eigenvalue weighted by atomic mass is 9.92. The number of halogens is 2. The SMILES string of the molecule is Cc1c(NC2CCC(N)CC2)nc2c(I)cnn2c1NCc1cccc(Cl)c1. The maximum atomic E-state index is 6.12. The summed E-state index contributed by atoms with van der Waals surface area (Å²) in [6, 6.07) is 8.62. The van der Waals surface area contributed by atoms with E-state index in [1.807, 2.05) is 28.9 Å². The molecule has 4 N–H and O–H groups in total. The van der Waals surface area contributed by atoms with Crippen molar-refractivity contribution in [3.63, 3.8) is 0 Å². The van der Waals surface area contributed by atoms with Gasteiger partial charge in [0.2, 0.25) is 0 Å². The molecule has 1 aliphatic rings. The smallest absolute Gasteiger partial charge is 0.173 e. The van der Waals surface area contributed by atoms with Crippen molar-refractivity contribution in [1.82, 2.24) is 14.6 Å². The predicted molar refractivity (Wildman–Crippen MR) is 123 cm³/mol. The van der Waals surface area contributed by atoms with Gasteiger partial charge in [-0.15, -0.1) is 0 Å². The van der Waals surface area contributed by atoms with Gasteiger partial charge in [-0.05, 0) is 72.9 Å². The van der Waals surface area contributed by atoms with Gasteiger partial charge in [0.25, 0.3) is 0 Å². The highest BCUT2D eigenvalue weighted by Gasteiger charge is 2.21. The second kappa shape index (κ2) is 8.42. The van der Waals surface area contributed by atoms with E-state index < -0.39 is 0 Å². The Kier molecular flexibility index (Phi) is 5.93.